The number of hydrogen-bond donors (Lipinski definition) is 1. The van der Waals surface area contributed by atoms with Crippen molar-refractivity contribution in [1.29, 1.82) is 0 Å². The van der Waals surface area contributed by atoms with E-state index in [9.17, 15) is 9.59 Å². The Kier molecular flexibility index (Phi) is 6.03. The number of rotatable bonds is 6. The van der Waals surface area contributed by atoms with Gasteiger partial charge in [-0.1, -0.05) is 41.0 Å². The predicted octanol–water partition coefficient (Wildman–Crippen LogP) is 2.43. The molecule has 1 fully saturated rings. The number of carbonyl (C=O) groups excluding carboxylic acids is 2. The number of carbonyl (C=O) groups is 2. The fourth-order valence-corrected chi connectivity index (χ4v) is 3.04. The van der Waals surface area contributed by atoms with Gasteiger partial charge in [0.1, 0.15) is 12.1 Å². The minimum Gasteiger partial charge on any atom is -0.343 e. The lowest BCUT2D eigenvalue weighted by atomic mass is 9.84. The van der Waals surface area contributed by atoms with E-state index >= 15 is 0 Å². The molecular formula is C16H30N2O2. The van der Waals surface area contributed by atoms with Crippen LogP contribution < -0.4 is 5.32 Å². The quantitative estimate of drug-likeness (QED) is 0.813. The van der Waals surface area contributed by atoms with Crippen molar-refractivity contribution < 1.29 is 9.59 Å². The molecule has 2 unspecified atom stereocenters. The summed E-state index contributed by atoms with van der Waals surface area (Å²) in [4.78, 5) is 26.4. The first-order valence-electron chi connectivity index (χ1n) is 7.90. The van der Waals surface area contributed by atoms with E-state index in [0.29, 0.717) is 24.3 Å². The van der Waals surface area contributed by atoms with Gasteiger partial charge in [-0.25, -0.2) is 0 Å². The topological polar surface area (TPSA) is 49.4 Å². The van der Waals surface area contributed by atoms with Crippen LogP contribution in [0, 0.1) is 17.8 Å². The van der Waals surface area contributed by atoms with E-state index in [2.05, 4.69) is 33.0 Å². The van der Waals surface area contributed by atoms with Gasteiger partial charge in [-0.15, -0.1) is 0 Å². The Bertz CT molecular complexity index is 344. The van der Waals surface area contributed by atoms with Crippen molar-refractivity contribution in [3.63, 3.8) is 0 Å². The van der Waals surface area contributed by atoms with Crippen molar-refractivity contribution >= 4 is 11.8 Å². The molecule has 1 saturated heterocycles. The van der Waals surface area contributed by atoms with Gasteiger partial charge in [0, 0.05) is 6.54 Å². The summed E-state index contributed by atoms with van der Waals surface area (Å²) in [6.07, 6.45) is 1.62. The molecule has 2 atom stereocenters. The van der Waals surface area contributed by atoms with Crippen LogP contribution >= 0.6 is 0 Å². The highest BCUT2D eigenvalue weighted by Crippen LogP contribution is 2.24. The monoisotopic (exact) mass is 282 g/mol. The van der Waals surface area contributed by atoms with Crippen molar-refractivity contribution in [2.45, 2.75) is 66.5 Å². The molecular weight excluding hydrogens is 252 g/mol. The molecule has 4 heteroatoms. The summed E-state index contributed by atoms with van der Waals surface area (Å²) in [7, 11) is 0. The van der Waals surface area contributed by atoms with Gasteiger partial charge in [0.2, 0.25) is 11.8 Å². The molecule has 0 aromatic heterocycles. The van der Waals surface area contributed by atoms with Gasteiger partial charge in [0.15, 0.2) is 0 Å². The molecule has 2 amide bonds. The van der Waals surface area contributed by atoms with Crippen LogP contribution in [-0.4, -0.2) is 35.3 Å². The van der Waals surface area contributed by atoms with E-state index in [-0.39, 0.29) is 23.9 Å². The highest BCUT2D eigenvalue weighted by atomic mass is 16.2. The molecule has 1 aliphatic rings. The molecule has 0 spiro atoms. The molecule has 0 saturated carbocycles. The third kappa shape index (κ3) is 3.74. The third-order valence-electron chi connectivity index (χ3n) is 4.44. The van der Waals surface area contributed by atoms with Gasteiger partial charge in [-0.05, 0) is 31.1 Å². The van der Waals surface area contributed by atoms with E-state index < -0.39 is 0 Å². The van der Waals surface area contributed by atoms with Gasteiger partial charge < -0.3 is 10.2 Å². The van der Waals surface area contributed by atoms with Crippen LogP contribution in [0.15, 0.2) is 0 Å². The Labute approximate surface area is 123 Å². The van der Waals surface area contributed by atoms with Gasteiger partial charge in [-0.2, -0.15) is 0 Å². The first-order chi connectivity index (χ1) is 9.29. The van der Waals surface area contributed by atoms with Crippen LogP contribution in [0.5, 0.6) is 0 Å². The van der Waals surface area contributed by atoms with Gasteiger partial charge in [0.05, 0.1) is 0 Å². The largest absolute Gasteiger partial charge is 0.343 e. The number of hydrogen-bond acceptors (Lipinski definition) is 2. The van der Waals surface area contributed by atoms with Crippen LogP contribution in [-0.2, 0) is 9.59 Å². The highest BCUT2D eigenvalue weighted by molar-refractivity contribution is 5.96. The first kappa shape index (κ1) is 17.0. The van der Waals surface area contributed by atoms with E-state index in [1.807, 2.05) is 13.8 Å². The van der Waals surface area contributed by atoms with Gasteiger partial charge in [-0.3, -0.25) is 9.59 Å². The lowest BCUT2D eigenvalue weighted by molar-refractivity contribution is -0.150. The molecule has 1 rings (SSSR count). The predicted molar refractivity (Wildman–Crippen MR) is 81.2 cm³/mol. The Hall–Kier alpha value is -1.06. The van der Waals surface area contributed by atoms with E-state index in [4.69, 9.17) is 0 Å². The Morgan fingerprint density at radius 1 is 1.15 bits per heavy atom. The normalized spacial score (nSPS) is 23.9. The molecule has 0 aliphatic carbocycles. The second-order valence-electron chi connectivity index (χ2n) is 6.67. The average Bonchev–Trinajstić information content (AvgIpc) is 2.35. The highest BCUT2D eigenvalue weighted by Gasteiger charge is 2.39. The maximum Gasteiger partial charge on any atom is 0.245 e. The maximum atomic E-state index is 12.6. The lowest BCUT2D eigenvalue weighted by Gasteiger charge is -2.40. The third-order valence-corrected chi connectivity index (χ3v) is 4.44. The first-order valence-corrected chi connectivity index (χ1v) is 7.90. The van der Waals surface area contributed by atoms with Crippen LogP contribution in [0.3, 0.4) is 0 Å². The van der Waals surface area contributed by atoms with Crippen LogP contribution in [0.4, 0.5) is 0 Å². The zero-order chi connectivity index (χ0) is 15.4. The summed E-state index contributed by atoms with van der Waals surface area (Å²) in [5.74, 6) is 1.50. The molecule has 0 aromatic rings. The molecule has 0 aromatic carbocycles. The lowest BCUT2D eigenvalue weighted by Crippen LogP contribution is -2.63. The van der Waals surface area contributed by atoms with Gasteiger partial charge in [0.25, 0.3) is 0 Å². The fourth-order valence-electron chi connectivity index (χ4n) is 3.04. The maximum absolute atomic E-state index is 12.6. The number of nitrogens with zero attached hydrogens (tertiary/aromatic N) is 1. The molecule has 20 heavy (non-hydrogen) atoms. The second-order valence-corrected chi connectivity index (χ2v) is 6.67. The number of piperazine rings is 1. The van der Waals surface area contributed by atoms with Crippen molar-refractivity contribution in [3.05, 3.63) is 0 Å². The van der Waals surface area contributed by atoms with Crippen LogP contribution in [0.2, 0.25) is 0 Å². The van der Waals surface area contributed by atoms with Crippen molar-refractivity contribution in [3.8, 4) is 0 Å². The smallest absolute Gasteiger partial charge is 0.245 e. The van der Waals surface area contributed by atoms with E-state index in [1.165, 1.54) is 0 Å². The fraction of sp³-hybridized carbons (Fsp3) is 0.875. The zero-order valence-corrected chi connectivity index (χ0v) is 13.8. The van der Waals surface area contributed by atoms with Crippen LogP contribution in [0.25, 0.3) is 0 Å². The number of nitrogens with one attached hydrogen (secondary N) is 1. The Morgan fingerprint density at radius 3 is 2.15 bits per heavy atom. The standard InChI is InChI=1S/C16H30N2O2/c1-7-8-14-16(20)18(12(6)15(19)17-14)9-13(10(2)3)11(4)5/h10-14H,7-9H2,1-6H3,(H,17,19). The molecule has 1 N–H and O–H groups in total. The number of amides is 2. The van der Waals surface area contributed by atoms with Crippen molar-refractivity contribution in [2.75, 3.05) is 6.54 Å². The minimum absolute atomic E-state index is 0.0192. The summed E-state index contributed by atoms with van der Waals surface area (Å²) in [5.41, 5.74) is 0. The van der Waals surface area contributed by atoms with Crippen LogP contribution in [0.1, 0.15) is 54.4 Å². The Balaban J connectivity index is 2.88. The summed E-state index contributed by atoms with van der Waals surface area (Å²) in [5, 5.41) is 2.85. The molecule has 1 aliphatic heterocycles. The molecule has 0 radical (unpaired) electrons. The SMILES string of the molecule is CCCC1NC(=O)C(C)N(CC(C(C)C)C(C)C)C1=O. The summed E-state index contributed by atoms with van der Waals surface area (Å²) in [6.45, 7) is 13.3. The molecule has 0 bridgehead atoms. The molecule has 4 nitrogen and oxygen atoms in total. The summed E-state index contributed by atoms with van der Waals surface area (Å²) < 4.78 is 0. The summed E-state index contributed by atoms with van der Waals surface area (Å²) >= 11 is 0. The summed E-state index contributed by atoms with van der Waals surface area (Å²) in [6, 6.07) is -0.681. The van der Waals surface area contributed by atoms with E-state index in [0.717, 1.165) is 12.8 Å². The zero-order valence-electron chi connectivity index (χ0n) is 13.8. The van der Waals surface area contributed by atoms with E-state index in [1.54, 1.807) is 4.90 Å². The van der Waals surface area contributed by atoms with Gasteiger partial charge >= 0.3 is 0 Å². The van der Waals surface area contributed by atoms with Crippen molar-refractivity contribution in [2.24, 2.45) is 17.8 Å². The van der Waals surface area contributed by atoms with Crippen molar-refractivity contribution in [1.82, 2.24) is 10.2 Å². The average molecular weight is 282 g/mol. The molecule has 116 valence electrons. The minimum atomic E-state index is -0.351. The molecule has 1 heterocycles. The second kappa shape index (κ2) is 7.09. The Morgan fingerprint density at radius 2 is 1.70 bits per heavy atom.